The second-order valence-corrected chi connectivity index (χ2v) is 9.63. The summed E-state index contributed by atoms with van der Waals surface area (Å²) in [5.41, 5.74) is 3.96. The highest BCUT2D eigenvalue weighted by Crippen LogP contribution is 2.44. The van der Waals surface area contributed by atoms with Crippen molar-refractivity contribution in [3.05, 3.63) is 75.2 Å². The van der Waals surface area contributed by atoms with Gasteiger partial charge in [0.05, 0.1) is 12.2 Å². The Morgan fingerprint density at radius 2 is 1.71 bits per heavy atom. The molecule has 3 aromatic rings. The predicted molar refractivity (Wildman–Crippen MR) is 126 cm³/mol. The number of carbonyl (C=O) groups excluding carboxylic acids is 2. The number of aromatic nitrogens is 1. The zero-order valence-electron chi connectivity index (χ0n) is 18.5. The smallest absolute Gasteiger partial charge is 0.408 e. The van der Waals surface area contributed by atoms with E-state index in [4.69, 9.17) is 9.84 Å². The standard InChI is InChI=1S/C25H23N3O5S/c1-14-21(22(29)30)34-20(27-14)12-26-23(31)25(10-11-25)28-24(32)33-13-19-17-8-4-2-6-15(17)16-7-3-5-9-18(16)19/h2-9,19H,10-13H2,1H3,(H,26,31)(H,28,32)(H,29,30). The van der Waals surface area contributed by atoms with Crippen LogP contribution in [0.2, 0.25) is 0 Å². The Labute approximate surface area is 200 Å². The fourth-order valence-corrected chi connectivity index (χ4v) is 5.26. The number of nitrogens with zero attached hydrogens (tertiary/aromatic N) is 1. The van der Waals surface area contributed by atoms with E-state index in [1.54, 1.807) is 6.92 Å². The molecule has 34 heavy (non-hydrogen) atoms. The van der Waals surface area contributed by atoms with Crippen LogP contribution in [0.25, 0.3) is 11.1 Å². The van der Waals surface area contributed by atoms with E-state index in [1.807, 2.05) is 36.4 Å². The van der Waals surface area contributed by atoms with Crippen molar-refractivity contribution in [3.8, 4) is 11.1 Å². The summed E-state index contributed by atoms with van der Waals surface area (Å²) in [4.78, 5) is 40.8. The number of carboxylic acid groups (broad SMARTS) is 1. The number of hydrogen-bond donors (Lipinski definition) is 3. The molecular weight excluding hydrogens is 454 g/mol. The van der Waals surface area contributed by atoms with E-state index < -0.39 is 17.6 Å². The van der Waals surface area contributed by atoms with E-state index in [0.29, 0.717) is 23.5 Å². The van der Waals surface area contributed by atoms with Crippen LogP contribution in [0, 0.1) is 6.92 Å². The number of fused-ring (bicyclic) bond motifs is 3. The molecular formula is C25H23N3O5S. The third-order valence-electron chi connectivity index (χ3n) is 6.30. The average molecular weight is 478 g/mol. The van der Waals surface area contributed by atoms with Crippen LogP contribution < -0.4 is 10.6 Å². The van der Waals surface area contributed by atoms with Gasteiger partial charge in [-0.3, -0.25) is 4.79 Å². The van der Waals surface area contributed by atoms with E-state index in [1.165, 1.54) is 0 Å². The predicted octanol–water partition coefficient (Wildman–Crippen LogP) is 3.84. The molecule has 1 fully saturated rings. The molecule has 0 bridgehead atoms. The first-order chi connectivity index (χ1) is 16.4. The van der Waals surface area contributed by atoms with Crippen molar-refractivity contribution in [1.29, 1.82) is 0 Å². The maximum atomic E-state index is 12.7. The monoisotopic (exact) mass is 477 g/mol. The van der Waals surface area contributed by atoms with Crippen LogP contribution in [0.4, 0.5) is 4.79 Å². The van der Waals surface area contributed by atoms with Gasteiger partial charge in [0.2, 0.25) is 5.91 Å². The molecule has 9 heteroatoms. The third-order valence-corrected chi connectivity index (χ3v) is 7.45. The first-order valence-electron chi connectivity index (χ1n) is 11.0. The Morgan fingerprint density at radius 3 is 2.26 bits per heavy atom. The molecule has 2 aliphatic carbocycles. The molecule has 3 N–H and O–H groups in total. The summed E-state index contributed by atoms with van der Waals surface area (Å²) < 4.78 is 5.57. The van der Waals surface area contributed by atoms with Gasteiger partial charge < -0.3 is 20.5 Å². The van der Waals surface area contributed by atoms with Crippen LogP contribution >= 0.6 is 11.3 Å². The van der Waals surface area contributed by atoms with E-state index in [-0.39, 0.29) is 29.9 Å². The highest BCUT2D eigenvalue weighted by Gasteiger charge is 2.51. The number of rotatable bonds is 7. The minimum atomic E-state index is -1.04. The Balaban J connectivity index is 1.19. The largest absolute Gasteiger partial charge is 0.477 e. The highest BCUT2D eigenvalue weighted by molar-refractivity contribution is 7.13. The summed E-state index contributed by atoms with van der Waals surface area (Å²) >= 11 is 1.03. The molecule has 2 amide bonds. The average Bonchev–Trinajstić information content (AvgIpc) is 3.40. The van der Waals surface area contributed by atoms with Gasteiger partial charge >= 0.3 is 12.1 Å². The fourth-order valence-electron chi connectivity index (χ4n) is 4.42. The third kappa shape index (κ3) is 4.03. The number of ether oxygens (including phenoxy) is 1. The van der Waals surface area contributed by atoms with E-state index in [2.05, 4.69) is 27.8 Å². The van der Waals surface area contributed by atoms with Crippen LogP contribution in [0.3, 0.4) is 0 Å². The van der Waals surface area contributed by atoms with Gasteiger partial charge in [-0.05, 0) is 42.0 Å². The van der Waals surface area contributed by atoms with Crippen LogP contribution in [0.15, 0.2) is 48.5 Å². The molecule has 8 nitrogen and oxygen atoms in total. The van der Waals surface area contributed by atoms with Crippen LogP contribution in [0.1, 0.15) is 50.3 Å². The number of aryl methyl sites for hydroxylation is 1. The van der Waals surface area contributed by atoms with E-state index >= 15 is 0 Å². The van der Waals surface area contributed by atoms with Crippen molar-refractivity contribution in [3.63, 3.8) is 0 Å². The first-order valence-corrected chi connectivity index (χ1v) is 11.8. The van der Waals surface area contributed by atoms with Gasteiger partial charge in [0.1, 0.15) is 22.0 Å². The summed E-state index contributed by atoms with van der Waals surface area (Å²) in [6.45, 7) is 1.89. The molecule has 0 aliphatic heterocycles. The molecule has 1 saturated carbocycles. The molecule has 174 valence electrons. The number of hydrogen-bond acceptors (Lipinski definition) is 6. The summed E-state index contributed by atoms with van der Waals surface area (Å²) in [6, 6.07) is 16.2. The van der Waals surface area contributed by atoms with Gasteiger partial charge in [-0.15, -0.1) is 11.3 Å². The minimum Gasteiger partial charge on any atom is -0.477 e. The van der Waals surface area contributed by atoms with Gasteiger partial charge in [0.25, 0.3) is 0 Å². The molecule has 0 unspecified atom stereocenters. The van der Waals surface area contributed by atoms with Gasteiger partial charge in [-0.25, -0.2) is 14.6 Å². The molecule has 2 aliphatic rings. The number of carboxylic acids is 1. The zero-order valence-corrected chi connectivity index (χ0v) is 19.3. The molecule has 1 heterocycles. The molecule has 0 saturated heterocycles. The number of amides is 2. The van der Waals surface area contributed by atoms with Gasteiger partial charge in [0.15, 0.2) is 0 Å². The summed E-state index contributed by atoms with van der Waals surface area (Å²) in [5.74, 6) is -1.42. The second-order valence-electron chi connectivity index (χ2n) is 8.54. The number of carbonyl (C=O) groups is 3. The highest BCUT2D eigenvalue weighted by atomic mass is 32.1. The molecule has 0 atom stereocenters. The second kappa shape index (κ2) is 8.57. The van der Waals surface area contributed by atoms with Crippen molar-refractivity contribution in [2.75, 3.05) is 6.61 Å². The number of benzene rings is 2. The van der Waals surface area contributed by atoms with Crippen LogP contribution in [-0.2, 0) is 16.1 Å². The lowest BCUT2D eigenvalue weighted by Crippen LogP contribution is -2.49. The molecule has 2 aromatic carbocycles. The zero-order chi connectivity index (χ0) is 23.9. The Bertz CT molecular complexity index is 1250. The SMILES string of the molecule is Cc1nc(CNC(=O)C2(NC(=O)OCC3c4ccccc4-c4ccccc43)CC2)sc1C(=O)O. The van der Waals surface area contributed by atoms with Gasteiger partial charge in [-0.2, -0.15) is 0 Å². The van der Waals surface area contributed by atoms with Crippen LogP contribution in [-0.4, -0.2) is 40.2 Å². The quantitative estimate of drug-likeness (QED) is 0.476. The topological polar surface area (TPSA) is 118 Å². The lowest BCUT2D eigenvalue weighted by molar-refractivity contribution is -0.124. The fraction of sp³-hybridized carbons (Fsp3) is 0.280. The first kappa shape index (κ1) is 22.1. The van der Waals surface area contributed by atoms with E-state index in [0.717, 1.165) is 33.6 Å². The maximum absolute atomic E-state index is 12.7. The molecule has 1 aromatic heterocycles. The lowest BCUT2D eigenvalue weighted by atomic mass is 9.98. The number of nitrogens with one attached hydrogen (secondary N) is 2. The van der Waals surface area contributed by atoms with Gasteiger partial charge in [0, 0.05) is 5.92 Å². The van der Waals surface area contributed by atoms with E-state index in [9.17, 15) is 14.4 Å². The Hall–Kier alpha value is -3.72. The number of thiazole rings is 1. The molecule has 0 spiro atoms. The Kier molecular flexibility index (Phi) is 5.57. The number of alkyl carbamates (subject to hydrolysis) is 1. The molecule has 5 rings (SSSR count). The van der Waals surface area contributed by atoms with Crippen molar-refractivity contribution in [2.24, 2.45) is 0 Å². The van der Waals surface area contributed by atoms with Crippen LogP contribution in [0.5, 0.6) is 0 Å². The van der Waals surface area contributed by atoms with Crippen molar-refractivity contribution >= 4 is 29.3 Å². The number of aromatic carboxylic acids is 1. The summed E-state index contributed by atoms with van der Waals surface area (Å²) in [5, 5.41) is 15.1. The van der Waals surface area contributed by atoms with Crippen molar-refractivity contribution in [1.82, 2.24) is 15.6 Å². The summed E-state index contributed by atoms with van der Waals surface area (Å²) in [6.07, 6.45) is 0.397. The van der Waals surface area contributed by atoms with Gasteiger partial charge in [-0.1, -0.05) is 48.5 Å². The minimum absolute atomic E-state index is 0.0568. The summed E-state index contributed by atoms with van der Waals surface area (Å²) in [7, 11) is 0. The normalized spacial score (nSPS) is 15.2. The van der Waals surface area contributed by atoms with Crippen molar-refractivity contribution < 1.29 is 24.2 Å². The lowest BCUT2D eigenvalue weighted by Gasteiger charge is -2.19. The Morgan fingerprint density at radius 1 is 1.09 bits per heavy atom. The van der Waals surface area contributed by atoms with Crippen molar-refractivity contribution in [2.45, 2.75) is 37.8 Å². The maximum Gasteiger partial charge on any atom is 0.408 e. The molecule has 0 radical (unpaired) electrons.